The predicted octanol–water partition coefficient (Wildman–Crippen LogP) is 3.23. The largest absolute Gasteiger partial charge is 0.494 e. The summed E-state index contributed by atoms with van der Waals surface area (Å²) < 4.78 is 22.9. The highest BCUT2D eigenvalue weighted by molar-refractivity contribution is 5.89. The van der Waals surface area contributed by atoms with Gasteiger partial charge in [-0.2, -0.15) is 0 Å². The third kappa shape index (κ3) is 3.72. The normalized spacial score (nSPS) is 10.0. The van der Waals surface area contributed by atoms with Gasteiger partial charge in [-0.1, -0.05) is 12.1 Å². The molecule has 0 amide bonds. The minimum absolute atomic E-state index is 0.195. The van der Waals surface area contributed by atoms with Crippen LogP contribution in [0.2, 0.25) is 0 Å². The third-order valence-electron chi connectivity index (χ3n) is 3.02. The monoisotopic (exact) mass is 289 g/mol. The number of methoxy groups -OCH3 is 2. The van der Waals surface area contributed by atoms with E-state index in [9.17, 15) is 9.18 Å². The average molecular weight is 289 g/mol. The number of nitrogens with one attached hydrogen (secondary N) is 1. The van der Waals surface area contributed by atoms with E-state index in [1.54, 1.807) is 24.3 Å². The van der Waals surface area contributed by atoms with E-state index in [4.69, 9.17) is 4.74 Å². The van der Waals surface area contributed by atoms with Gasteiger partial charge in [0.05, 0.1) is 19.8 Å². The van der Waals surface area contributed by atoms with Crippen molar-refractivity contribution in [3.05, 3.63) is 59.4 Å². The Labute approximate surface area is 122 Å². The fraction of sp³-hybridized carbons (Fsp3) is 0.188. The maximum absolute atomic E-state index is 13.3. The molecule has 2 rings (SSSR count). The average Bonchev–Trinajstić information content (AvgIpc) is 2.53. The summed E-state index contributed by atoms with van der Waals surface area (Å²) in [7, 11) is 2.77. The van der Waals surface area contributed by atoms with Crippen LogP contribution in [-0.2, 0) is 11.3 Å². The summed E-state index contributed by atoms with van der Waals surface area (Å²) in [5, 5.41) is 3.16. The van der Waals surface area contributed by atoms with Crippen molar-refractivity contribution in [2.24, 2.45) is 0 Å². The number of esters is 1. The van der Waals surface area contributed by atoms with Gasteiger partial charge in [-0.15, -0.1) is 0 Å². The molecule has 0 saturated heterocycles. The molecule has 0 unspecified atom stereocenters. The second kappa shape index (κ2) is 6.74. The maximum Gasteiger partial charge on any atom is 0.337 e. The van der Waals surface area contributed by atoms with Gasteiger partial charge in [0.25, 0.3) is 0 Å². The van der Waals surface area contributed by atoms with Crippen molar-refractivity contribution in [2.45, 2.75) is 6.54 Å². The topological polar surface area (TPSA) is 47.6 Å². The van der Waals surface area contributed by atoms with Gasteiger partial charge in [0.2, 0.25) is 0 Å². The highest BCUT2D eigenvalue weighted by Crippen LogP contribution is 2.21. The molecule has 2 aromatic rings. The van der Waals surface area contributed by atoms with Crippen LogP contribution in [0.4, 0.5) is 10.1 Å². The second-order valence-corrected chi connectivity index (χ2v) is 4.39. The fourth-order valence-electron chi connectivity index (χ4n) is 1.85. The molecule has 0 radical (unpaired) electrons. The lowest BCUT2D eigenvalue weighted by molar-refractivity contribution is 0.0600. The molecule has 2 aromatic carbocycles. The lowest BCUT2D eigenvalue weighted by Crippen LogP contribution is -2.03. The van der Waals surface area contributed by atoms with E-state index < -0.39 is 5.82 Å². The summed E-state index contributed by atoms with van der Waals surface area (Å²) in [6.45, 7) is 0.552. The predicted molar refractivity (Wildman–Crippen MR) is 78.1 cm³/mol. The smallest absolute Gasteiger partial charge is 0.337 e. The summed E-state index contributed by atoms with van der Waals surface area (Å²) in [6.07, 6.45) is 0. The number of hydrogen-bond donors (Lipinski definition) is 1. The first-order valence-electron chi connectivity index (χ1n) is 6.38. The first-order chi connectivity index (χ1) is 10.1. The van der Waals surface area contributed by atoms with Gasteiger partial charge in [-0.05, 0) is 29.8 Å². The van der Waals surface area contributed by atoms with E-state index in [-0.39, 0.29) is 11.7 Å². The lowest BCUT2D eigenvalue weighted by Gasteiger charge is -2.09. The minimum Gasteiger partial charge on any atom is -0.494 e. The highest BCUT2D eigenvalue weighted by Gasteiger charge is 2.05. The molecule has 0 aliphatic heterocycles. The molecule has 0 spiro atoms. The minimum atomic E-state index is -0.398. The van der Waals surface area contributed by atoms with E-state index in [0.29, 0.717) is 12.1 Å². The van der Waals surface area contributed by atoms with Crippen LogP contribution in [0.15, 0.2) is 42.5 Å². The molecular formula is C16H16FNO3. The number of ether oxygens (including phenoxy) is 2. The number of hydrogen-bond acceptors (Lipinski definition) is 4. The first kappa shape index (κ1) is 14.8. The van der Waals surface area contributed by atoms with Crippen LogP contribution in [0.1, 0.15) is 15.9 Å². The Balaban J connectivity index is 2.01. The van der Waals surface area contributed by atoms with Crippen molar-refractivity contribution in [2.75, 3.05) is 19.5 Å². The number of anilines is 1. The molecule has 0 fully saturated rings. The van der Waals surface area contributed by atoms with Gasteiger partial charge in [-0.25, -0.2) is 9.18 Å². The van der Waals surface area contributed by atoms with Gasteiger partial charge in [0.1, 0.15) is 0 Å². The van der Waals surface area contributed by atoms with Gasteiger partial charge in [0.15, 0.2) is 11.6 Å². The molecule has 0 aromatic heterocycles. The van der Waals surface area contributed by atoms with Crippen molar-refractivity contribution in [1.29, 1.82) is 0 Å². The summed E-state index contributed by atoms with van der Waals surface area (Å²) in [4.78, 5) is 11.3. The summed E-state index contributed by atoms with van der Waals surface area (Å²) >= 11 is 0. The van der Waals surface area contributed by atoms with Crippen LogP contribution < -0.4 is 10.1 Å². The third-order valence-corrected chi connectivity index (χ3v) is 3.02. The van der Waals surface area contributed by atoms with Crippen molar-refractivity contribution in [3.8, 4) is 5.75 Å². The molecule has 21 heavy (non-hydrogen) atoms. The zero-order chi connectivity index (χ0) is 15.2. The van der Waals surface area contributed by atoms with Gasteiger partial charge < -0.3 is 14.8 Å². The number of rotatable bonds is 5. The fourth-order valence-corrected chi connectivity index (χ4v) is 1.85. The Morgan fingerprint density at radius 3 is 2.48 bits per heavy atom. The number of carbonyl (C=O) groups is 1. The van der Waals surface area contributed by atoms with E-state index in [2.05, 4.69) is 10.1 Å². The molecule has 0 heterocycles. The maximum atomic E-state index is 13.3. The van der Waals surface area contributed by atoms with Crippen LogP contribution in [0.5, 0.6) is 5.75 Å². The summed E-state index contributed by atoms with van der Waals surface area (Å²) in [5.41, 5.74) is 2.25. The number of carbonyl (C=O) groups excluding carboxylic acids is 1. The Bertz CT molecular complexity index is 626. The first-order valence-corrected chi connectivity index (χ1v) is 6.38. The Morgan fingerprint density at radius 2 is 1.86 bits per heavy atom. The van der Waals surface area contributed by atoms with Crippen molar-refractivity contribution >= 4 is 11.7 Å². The molecule has 0 aliphatic rings. The summed E-state index contributed by atoms with van der Waals surface area (Å²) in [6, 6.07) is 11.7. The zero-order valence-corrected chi connectivity index (χ0v) is 11.9. The van der Waals surface area contributed by atoms with Gasteiger partial charge in [-0.3, -0.25) is 0 Å². The Hall–Kier alpha value is -2.56. The number of benzene rings is 2. The van der Waals surface area contributed by atoms with Crippen LogP contribution in [0.25, 0.3) is 0 Å². The van der Waals surface area contributed by atoms with E-state index in [1.165, 1.54) is 20.3 Å². The van der Waals surface area contributed by atoms with E-state index in [0.717, 1.165) is 11.3 Å². The van der Waals surface area contributed by atoms with Gasteiger partial charge in [0, 0.05) is 18.3 Å². The van der Waals surface area contributed by atoms with Crippen LogP contribution in [0, 0.1) is 5.82 Å². The standard InChI is InChI=1S/C16H16FNO3/c1-20-15-9-13(7-8-14(15)17)18-10-11-3-5-12(6-4-11)16(19)21-2/h3-9,18H,10H2,1-2H3. The molecule has 0 saturated carbocycles. The second-order valence-electron chi connectivity index (χ2n) is 4.39. The lowest BCUT2D eigenvalue weighted by atomic mass is 10.1. The van der Waals surface area contributed by atoms with Crippen molar-refractivity contribution in [1.82, 2.24) is 0 Å². The highest BCUT2D eigenvalue weighted by atomic mass is 19.1. The van der Waals surface area contributed by atoms with Crippen molar-refractivity contribution in [3.63, 3.8) is 0 Å². The van der Waals surface area contributed by atoms with Gasteiger partial charge >= 0.3 is 5.97 Å². The molecule has 4 nitrogen and oxygen atoms in total. The molecule has 0 aliphatic carbocycles. The Morgan fingerprint density at radius 1 is 1.14 bits per heavy atom. The Kier molecular flexibility index (Phi) is 4.77. The molecule has 110 valence electrons. The van der Waals surface area contributed by atoms with E-state index >= 15 is 0 Å². The number of halogens is 1. The molecular weight excluding hydrogens is 273 g/mol. The van der Waals surface area contributed by atoms with Crippen LogP contribution in [-0.4, -0.2) is 20.2 Å². The van der Waals surface area contributed by atoms with Crippen molar-refractivity contribution < 1.29 is 18.7 Å². The quantitative estimate of drug-likeness (QED) is 0.858. The molecule has 5 heteroatoms. The van der Waals surface area contributed by atoms with E-state index in [1.807, 2.05) is 12.1 Å². The zero-order valence-electron chi connectivity index (χ0n) is 11.9. The van der Waals surface area contributed by atoms with Crippen LogP contribution >= 0.6 is 0 Å². The van der Waals surface area contributed by atoms with Crippen LogP contribution in [0.3, 0.4) is 0 Å². The molecule has 1 N–H and O–H groups in total. The molecule has 0 bridgehead atoms. The molecule has 0 atom stereocenters. The summed E-state index contributed by atoms with van der Waals surface area (Å²) in [5.74, 6) is -0.565. The SMILES string of the molecule is COC(=O)c1ccc(CNc2ccc(F)c(OC)c2)cc1.